The third-order valence-electron chi connectivity index (χ3n) is 2.83. The first-order valence-electron chi connectivity index (χ1n) is 6.13. The van der Waals surface area contributed by atoms with Crippen LogP contribution in [0.5, 0.6) is 5.75 Å². The molecule has 0 aliphatic carbocycles. The van der Waals surface area contributed by atoms with E-state index in [4.69, 9.17) is 4.74 Å². The highest BCUT2D eigenvalue weighted by Crippen LogP contribution is 2.26. The number of benzene rings is 1. The molecular formula is C15H14N2O2. The molecular weight excluding hydrogens is 240 g/mol. The van der Waals surface area contributed by atoms with Crippen LogP contribution in [0.3, 0.4) is 0 Å². The van der Waals surface area contributed by atoms with Crippen LogP contribution < -0.4 is 10.1 Å². The summed E-state index contributed by atoms with van der Waals surface area (Å²) in [5, 5.41) is 12.3. The van der Waals surface area contributed by atoms with Crippen LogP contribution in [0.25, 0.3) is 12.2 Å². The van der Waals surface area contributed by atoms with E-state index in [-0.39, 0.29) is 6.61 Å². The molecule has 19 heavy (non-hydrogen) atoms. The zero-order chi connectivity index (χ0) is 13.1. The number of hydrogen-bond donors (Lipinski definition) is 2. The standard InChI is InChI=1S/C15H14N2O2/c18-14-10-19-13-9-8-12(16-15(13)17-14)7-6-11-4-2-1-3-5-11/h1-9,14,18H,10H2,(H,16,17). The van der Waals surface area contributed by atoms with Crippen molar-refractivity contribution < 1.29 is 9.84 Å². The van der Waals surface area contributed by atoms with Gasteiger partial charge >= 0.3 is 0 Å². The fraction of sp³-hybridized carbons (Fsp3) is 0.133. The molecule has 2 N–H and O–H groups in total. The van der Waals surface area contributed by atoms with Gasteiger partial charge < -0.3 is 15.2 Å². The molecule has 0 fully saturated rings. The van der Waals surface area contributed by atoms with Crippen molar-refractivity contribution in [3.8, 4) is 5.75 Å². The molecule has 1 aliphatic rings. The lowest BCUT2D eigenvalue weighted by Gasteiger charge is -2.22. The van der Waals surface area contributed by atoms with E-state index < -0.39 is 6.23 Å². The van der Waals surface area contributed by atoms with E-state index in [1.165, 1.54) is 0 Å². The molecule has 1 aromatic heterocycles. The van der Waals surface area contributed by atoms with E-state index in [1.54, 1.807) is 0 Å². The van der Waals surface area contributed by atoms with Gasteiger partial charge in [-0.2, -0.15) is 0 Å². The van der Waals surface area contributed by atoms with Crippen LogP contribution in [0.2, 0.25) is 0 Å². The summed E-state index contributed by atoms with van der Waals surface area (Å²) in [5.74, 6) is 1.25. The zero-order valence-electron chi connectivity index (χ0n) is 10.3. The maximum atomic E-state index is 9.46. The SMILES string of the molecule is OC1COc2ccc(C=Cc3ccccc3)nc2N1. The average Bonchev–Trinajstić information content (AvgIpc) is 2.46. The number of nitrogens with one attached hydrogen (secondary N) is 1. The summed E-state index contributed by atoms with van der Waals surface area (Å²) in [6.07, 6.45) is 3.22. The first-order chi connectivity index (χ1) is 9.31. The first kappa shape index (κ1) is 11.7. The molecule has 0 bridgehead atoms. The second kappa shape index (κ2) is 5.12. The van der Waals surface area contributed by atoms with Crippen LogP contribution in [-0.4, -0.2) is 22.9 Å². The van der Waals surface area contributed by atoms with Crippen molar-refractivity contribution in [3.05, 3.63) is 53.7 Å². The highest BCUT2D eigenvalue weighted by molar-refractivity contribution is 5.69. The summed E-state index contributed by atoms with van der Waals surface area (Å²) in [5.41, 5.74) is 1.93. The predicted molar refractivity (Wildman–Crippen MR) is 74.7 cm³/mol. The van der Waals surface area contributed by atoms with E-state index in [0.717, 1.165) is 11.3 Å². The van der Waals surface area contributed by atoms with Crippen LogP contribution in [0.1, 0.15) is 11.3 Å². The van der Waals surface area contributed by atoms with Gasteiger partial charge in [0.2, 0.25) is 0 Å². The Hall–Kier alpha value is -2.33. The molecule has 0 amide bonds. The zero-order valence-corrected chi connectivity index (χ0v) is 10.3. The monoisotopic (exact) mass is 254 g/mol. The van der Waals surface area contributed by atoms with Gasteiger partial charge in [-0.05, 0) is 23.8 Å². The average molecular weight is 254 g/mol. The van der Waals surface area contributed by atoms with Gasteiger partial charge in [-0.1, -0.05) is 36.4 Å². The summed E-state index contributed by atoms with van der Waals surface area (Å²) in [7, 11) is 0. The Bertz CT molecular complexity index is 596. The van der Waals surface area contributed by atoms with Gasteiger partial charge in [0.1, 0.15) is 6.61 Å². The van der Waals surface area contributed by atoms with Crippen LogP contribution in [0, 0.1) is 0 Å². The maximum absolute atomic E-state index is 9.46. The van der Waals surface area contributed by atoms with Crippen molar-refractivity contribution in [2.75, 3.05) is 11.9 Å². The molecule has 2 heterocycles. The Kier molecular flexibility index (Phi) is 3.16. The van der Waals surface area contributed by atoms with E-state index >= 15 is 0 Å². The van der Waals surface area contributed by atoms with Crippen molar-refractivity contribution in [1.82, 2.24) is 4.98 Å². The molecule has 0 spiro atoms. The number of pyridine rings is 1. The van der Waals surface area contributed by atoms with Crippen LogP contribution in [0.4, 0.5) is 5.82 Å². The molecule has 3 rings (SSSR count). The lowest BCUT2D eigenvalue weighted by Crippen LogP contribution is -2.31. The quantitative estimate of drug-likeness (QED) is 0.864. The number of hydrogen-bond acceptors (Lipinski definition) is 4. The van der Waals surface area contributed by atoms with Gasteiger partial charge in [0.25, 0.3) is 0 Å². The van der Waals surface area contributed by atoms with Gasteiger partial charge in [0.15, 0.2) is 17.8 Å². The van der Waals surface area contributed by atoms with Crippen molar-refractivity contribution >= 4 is 18.0 Å². The van der Waals surface area contributed by atoms with Crippen molar-refractivity contribution in [2.45, 2.75) is 6.23 Å². The molecule has 1 aromatic carbocycles. The van der Waals surface area contributed by atoms with E-state index in [0.29, 0.717) is 11.6 Å². The number of ether oxygens (including phenoxy) is 1. The Morgan fingerprint density at radius 1 is 1.16 bits per heavy atom. The lowest BCUT2D eigenvalue weighted by atomic mass is 10.2. The fourth-order valence-corrected chi connectivity index (χ4v) is 1.89. The second-order valence-corrected chi connectivity index (χ2v) is 4.30. The van der Waals surface area contributed by atoms with Gasteiger partial charge in [-0.15, -0.1) is 0 Å². The lowest BCUT2D eigenvalue weighted by molar-refractivity contribution is 0.118. The number of aromatic nitrogens is 1. The summed E-state index contributed by atoms with van der Waals surface area (Å²) >= 11 is 0. The molecule has 1 unspecified atom stereocenters. The summed E-state index contributed by atoms with van der Waals surface area (Å²) < 4.78 is 5.35. The number of anilines is 1. The minimum absolute atomic E-state index is 0.244. The van der Waals surface area contributed by atoms with E-state index in [1.807, 2.05) is 54.6 Å². The number of nitrogens with zero attached hydrogens (tertiary/aromatic N) is 1. The Labute approximate surface area is 111 Å². The molecule has 96 valence electrons. The van der Waals surface area contributed by atoms with E-state index in [9.17, 15) is 5.11 Å². The Morgan fingerprint density at radius 3 is 2.84 bits per heavy atom. The normalized spacial score (nSPS) is 17.6. The summed E-state index contributed by atoms with van der Waals surface area (Å²) in [6, 6.07) is 13.8. The molecule has 1 aliphatic heterocycles. The van der Waals surface area contributed by atoms with Crippen molar-refractivity contribution in [3.63, 3.8) is 0 Å². The highest BCUT2D eigenvalue weighted by Gasteiger charge is 2.17. The second-order valence-electron chi connectivity index (χ2n) is 4.30. The summed E-state index contributed by atoms with van der Waals surface area (Å²) in [4.78, 5) is 4.40. The van der Waals surface area contributed by atoms with E-state index in [2.05, 4.69) is 10.3 Å². The molecule has 2 aromatic rings. The highest BCUT2D eigenvalue weighted by atomic mass is 16.5. The van der Waals surface area contributed by atoms with Gasteiger partial charge in [0, 0.05) is 0 Å². The third-order valence-corrected chi connectivity index (χ3v) is 2.83. The van der Waals surface area contributed by atoms with Gasteiger partial charge in [-0.3, -0.25) is 0 Å². The minimum Gasteiger partial charge on any atom is -0.485 e. The molecule has 0 saturated heterocycles. The number of aliphatic hydroxyl groups is 1. The van der Waals surface area contributed by atoms with Crippen LogP contribution in [0.15, 0.2) is 42.5 Å². The molecule has 0 radical (unpaired) electrons. The topological polar surface area (TPSA) is 54.4 Å². The predicted octanol–water partition coefficient (Wildman–Crippen LogP) is 2.37. The Morgan fingerprint density at radius 2 is 2.00 bits per heavy atom. The number of fused-ring (bicyclic) bond motifs is 1. The fourth-order valence-electron chi connectivity index (χ4n) is 1.89. The van der Waals surface area contributed by atoms with Crippen LogP contribution >= 0.6 is 0 Å². The molecule has 4 nitrogen and oxygen atoms in total. The van der Waals surface area contributed by atoms with Crippen molar-refractivity contribution in [1.29, 1.82) is 0 Å². The smallest absolute Gasteiger partial charge is 0.171 e. The Balaban J connectivity index is 1.83. The summed E-state index contributed by atoms with van der Waals surface area (Å²) in [6.45, 7) is 0.244. The van der Waals surface area contributed by atoms with Gasteiger partial charge in [-0.25, -0.2) is 4.98 Å². The number of aliphatic hydroxyl groups excluding tert-OH is 1. The van der Waals surface area contributed by atoms with Crippen molar-refractivity contribution in [2.24, 2.45) is 0 Å². The maximum Gasteiger partial charge on any atom is 0.171 e. The third kappa shape index (κ3) is 2.74. The molecule has 0 saturated carbocycles. The van der Waals surface area contributed by atoms with Gasteiger partial charge in [0.05, 0.1) is 5.69 Å². The van der Waals surface area contributed by atoms with Crippen LogP contribution in [-0.2, 0) is 0 Å². The minimum atomic E-state index is -0.701. The first-order valence-corrected chi connectivity index (χ1v) is 6.13. The molecule has 1 atom stereocenters. The largest absolute Gasteiger partial charge is 0.485 e. The number of rotatable bonds is 2. The molecule has 4 heteroatoms.